The van der Waals surface area contributed by atoms with Gasteiger partial charge in [-0.1, -0.05) is 18.2 Å². The van der Waals surface area contributed by atoms with Crippen molar-refractivity contribution in [3.05, 3.63) is 46.1 Å². The molecule has 3 heterocycles. The standard InChI is InChI=1S/C20H21ClN4S/c21-20-22-18(17-15-8-4-5-9-16(15)26-19(17)23-20)25-12-10-24(11-13-25)14-6-2-1-3-7-14/h1-3,6-7H,4-5,8-13H2. The van der Waals surface area contributed by atoms with Crippen LogP contribution in [0.25, 0.3) is 10.2 Å². The van der Waals surface area contributed by atoms with E-state index in [1.165, 1.54) is 40.8 Å². The van der Waals surface area contributed by atoms with Gasteiger partial charge in [0.15, 0.2) is 0 Å². The van der Waals surface area contributed by atoms with Crippen LogP contribution in [0.15, 0.2) is 30.3 Å². The first kappa shape index (κ1) is 16.3. The molecule has 1 saturated heterocycles. The van der Waals surface area contributed by atoms with Crippen LogP contribution in [-0.4, -0.2) is 36.1 Å². The molecule has 0 spiro atoms. The van der Waals surface area contributed by atoms with E-state index >= 15 is 0 Å². The minimum absolute atomic E-state index is 0.372. The third-order valence-electron chi connectivity index (χ3n) is 5.47. The fourth-order valence-corrected chi connectivity index (χ4v) is 5.63. The molecule has 5 rings (SSSR count). The van der Waals surface area contributed by atoms with Crippen molar-refractivity contribution >= 4 is 44.7 Å². The maximum atomic E-state index is 6.28. The van der Waals surface area contributed by atoms with Crippen LogP contribution < -0.4 is 9.80 Å². The average molecular weight is 385 g/mol. The first-order valence-corrected chi connectivity index (χ1v) is 10.5. The Balaban J connectivity index is 1.47. The van der Waals surface area contributed by atoms with E-state index in [4.69, 9.17) is 11.6 Å². The van der Waals surface area contributed by atoms with Crippen LogP contribution >= 0.6 is 22.9 Å². The van der Waals surface area contributed by atoms with E-state index in [2.05, 4.69) is 50.1 Å². The molecule has 6 heteroatoms. The molecule has 0 unspecified atom stereocenters. The molecule has 0 bridgehead atoms. The lowest BCUT2D eigenvalue weighted by molar-refractivity contribution is 0.648. The van der Waals surface area contributed by atoms with Crippen LogP contribution in [0.1, 0.15) is 23.3 Å². The monoisotopic (exact) mass is 384 g/mol. The predicted molar refractivity (Wildman–Crippen MR) is 110 cm³/mol. The molecular weight excluding hydrogens is 364 g/mol. The third-order valence-corrected chi connectivity index (χ3v) is 6.82. The molecule has 0 N–H and O–H groups in total. The summed E-state index contributed by atoms with van der Waals surface area (Å²) in [6.45, 7) is 3.92. The molecule has 1 aliphatic carbocycles. The first-order chi connectivity index (χ1) is 12.8. The maximum Gasteiger partial charge on any atom is 0.225 e. The van der Waals surface area contributed by atoms with E-state index in [-0.39, 0.29) is 0 Å². The van der Waals surface area contributed by atoms with Gasteiger partial charge in [0.05, 0.1) is 5.39 Å². The van der Waals surface area contributed by atoms with Gasteiger partial charge < -0.3 is 9.80 Å². The normalized spacial score (nSPS) is 17.6. The van der Waals surface area contributed by atoms with Crippen molar-refractivity contribution in [1.82, 2.24) is 9.97 Å². The second-order valence-corrected chi connectivity index (χ2v) is 8.44. The number of fused-ring (bicyclic) bond motifs is 3. The predicted octanol–water partition coefficient (Wildman–Crippen LogP) is 4.55. The number of hydrogen-bond donors (Lipinski definition) is 0. The van der Waals surface area contributed by atoms with Gasteiger partial charge in [0.2, 0.25) is 5.28 Å². The van der Waals surface area contributed by atoms with Gasteiger partial charge >= 0.3 is 0 Å². The maximum absolute atomic E-state index is 6.28. The summed E-state index contributed by atoms with van der Waals surface area (Å²) in [5, 5.41) is 1.64. The van der Waals surface area contributed by atoms with E-state index < -0.39 is 0 Å². The Kier molecular flexibility index (Phi) is 4.21. The molecule has 0 atom stereocenters. The zero-order valence-corrected chi connectivity index (χ0v) is 16.2. The summed E-state index contributed by atoms with van der Waals surface area (Å²) in [6.07, 6.45) is 4.88. The summed E-state index contributed by atoms with van der Waals surface area (Å²) < 4.78 is 0. The number of halogens is 1. The molecule has 134 valence electrons. The van der Waals surface area contributed by atoms with Crippen LogP contribution in [0.2, 0.25) is 5.28 Å². The second kappa shape index (κ2) is 6.71. The lowest BCUT2D eigenvalue weighted by atomic mass is 9.97. The van der Waals surface area contributed by atoms with Gasteiger partial charge in [-0.2, -0.15) is 4.98 Å². The van der Waals surface area contributed by atoms with E-state index in [1.54, 1.807) is 0 Å². The number of thiophene rings is 1. The zero-order chi connectivity index (χ0) is 17.5. The summed E-state index contributed by atoms with van der Waals surface area (Å²) in [7, 11) is 0. The van der Waals surface area contributed by atoms with Crippen LogP contribution in [0.5, 0.6) is 0 Å². The van der Waals surface area contributed by atoms with Gasteiger partial charge in [-0.05, 0) is 55.0 Å². The van der Waals surface area contributed by atoms with E-state index in [1.807, 2.05) is 11.3 Å². The number of nitrogens with zero attached hydrogens (tertiary/aromatic N) is 4. The Morgan fingerprint density at radius 3 is 2.42 bits per heavy atom. The largest absolute Gasteiger partial charge is 0.368 e. The van der Waals surface area contributed by atoms with Crippen LogP contribution in [0.3, 0.4) is 0 Å². The third kappa shape index (κ3) is 2.83. The van der Waals surface area contributed by atoms with Crippen molar-refractivity contribution in [2.75, 3.05) is 36.0 Å². The zero-order valence-electron chi connectivity index (χ0n) is 14.6. The highest BCUT2D eigenvalue weighted by atomic mass is 35.5. The molecule has 3 aromatic rings. The van der Waals surface area contributed by atoms with Gasteiger partial charge in [0.25, 0.3) is 0 Å². The first-order valence-electron chi connectivity index (χ1n) is 9.32. The molecule has 0 amide bonds. The minimum atomic E-state index is 0.372. The Labute approximate surface area is 162 Å². The van der Waals surface area contributed by atoms with Crippen molar-refractivity contribution in [2.45, 2.75) is 25.7 Å². The molecule has 1 fully saturated rings. The Morgan fingerprint density at radius 2 is 1.62 bits per heavy atom. The molecule has 2 aromatic heterocycles. The number of benzene rings is 1. The highest BCUT2D eigenvalue weighted by Gasteiger charge is 2.26. The fourth-order valence-electron chi connectivity index (χ4n) is 4.16. The van der Waals surface area contributed by atoms with Gasteiger partial charge in [-0.15, -0.1) is 11.3 Å². The summed E-state index contributed by atoms with van der Waals surface area (Å²) in [6, 6.07) is 10.6. The van der Waals surface area contributed by atoms with Crippen molar-refractivity contribution in [1.29, 1.82) is 0 Å². The number of aromatic nitrogens is 2. The highest BCUT2D eigenvalue weighted by Crippen LogP contribution is 2.40. The number of para-hydroxylation sites is 1. The molecule has 0 radical (unpaired) electrons. The number of piperazine rings is 1. The van der Waals surface area contributed by atoms with E-state index in [9.17, 15) is 0 Å². The van der Waals surface area contributed by atoms with Gasteiger partial charge in [-0.3, -0.25) is 0 Å². The Bertz CT molecular complexity index is 932. The number of rotatable bonds is 2. The van der Waals surface area contributed by atoms with Crippen LogP contribution in [0, 0.1) is 0 Å². The van der Waals surface area contributed by atoms with Crippen molar-refractivity contribution in [3.8, 4) is 0 Å². The quantitative estimate of drug-likeness (QED) is 0.607. The molecule has 1 aliphatic heterocycles. The molecule has 2 aliphatic rings. The SMILES string of the molecule is Clc1nc(N2CCN(c3ccccc3)CC2)c2c3c(sc2n1)CCCC3. The molecule has 26 heavy (non-hydrogen) atoms. The highest BCUT2D eigenvalue weighted by molar-refractivity contribution is 7.19. The van der Waals surface area contributed by atoms with Crippen LogP contribution in [-0.2, 0) is 12.8 Å². The summed E-state index contributed by atoms with van der Waals surface area (Å²) in [5.41, 5.74) is 2.78. The topological polar surface area (TPSA) is 32.3 Å². The Hall–Kier alpha value is -1.85. The number of aryl methyl sites for hydroxylation is 2. The van der Waals surface area contributed by atoms with Crippen LogP contribution in [0.4, 0.5) is 11.5 Å². The summed E-state index contributed by atoms with van der Waals surface area (Å²) in [4.78, 5) is 16.6. The van der Waals surface area contributed by atoms with Crippen molar-refractivity contribution in [3.63, 3.8) is 0 Å². The average Bonchev–Trinajstić information content (AvgIpc) is 3.06. The lowest BCUT2D eigenvalue weighted by Gasteiger charge is -2.37. The smallest absolute Gasteiger partial charge is 0.225 e. The summed E-state index contributed by atoms with van der Waals surface area (Å²) in [5.74, 6) is 1.05. The van der Waals surface area contributed by atoms with Crippen molar-refractivity contribution < 1.29 is 0 Å². The number of anilines is 2. The van der Waals surface area contributed by atoms with Gasteiger partial charge in [-0.25, -0.2) is 4.98 Å². The molecule has 0 saturated carbocycles. The molecule has 4 nitrogen and oxygen atoms in total. The molecule has 1 aromatic carbocycles. The van der Waals surface area contributed by atoms with E-state index in [0.29, 0.717) is 5.28 Å². The number of hydrogen-bond acceptors (Lipinski definition) is 5. The van der Waals surface area contributed by atoms with Crippen molar-refractivity contribution in [2.24, 2.45) is 0 Å². The fraction of sp³-hybridized carbons (Fsp3) is 0.400. The minimum Gasteiger partial charge on any atom is -0.368 e. The van der Waals surface area contributed by atoms with E-state index in [0.717, 1.165) is 43.2 Å². The van der Waals surface area contributed by atoms with Gasteiger partial charge in [0.1, 0.15) is 10.6 Å². The Morgan fingerprint density at radius 1 is 0.885 bits per heavy atom. The molecular formula is C20H21ClN4S. The summed E-state index contributed by atoms with van der Waals surface area (Å²) >= 11 is 8.10. The second-order valence-electron chi connectivity index (χ2n) is 7.02. The van der Waals surface area contributed by atoms with Gasteiger partial charge in [0, 0.05) is 36.7 Å². The lowest BCUT2D eigenvalue weighted by Crippen LogP contribution is -2.47.